The first-order valence-corrected chi connectivity index (χ1v) is 7.69. The van der Waals surface area contributed by atoms with Crippen LogP contribution in [0.5, 0.6) is 0 Å². The minimum atomic E-state index is 0.855. The molecule has 0 amide bonds. The van der Waals surface area contributed by atoms with Crippen molar-refractivity contribution in [1.82, 2.24) is 15.0 Å². The van der Waals surface area contributed by atoms with E-state index in [9.17, 15) is 0 Å². The number of hydrogen-bond acceptors (Lipinski definition) is 4. The van der Waals surface area contributed by atoms with Crippen LogP contribution in [0, 0.1) is 0 Å². The second kappa shape index (κ2) is 4.13. The number of benzene rings is 1. The lowest BCUT2D eigenvalue weighted by molar-refractivity contribution is 0.806. The molecule has 1 aliphatic rings. The summed E-state index contributed by atoms with van der Waals surface area (Å²) in [6, 6.07) is 6.32. The first kappa shape index (κ1) is 11.6. The van der Waals surface area contributed by atoms with Crippen molar-refractivity contribution in [2.75, 3.05) is 7.05 Å². The molecule has 1 aliphatic heterocycles. The summed E-state index contributed by atoms with van der Waals surface area (Å²) < 4.78 is 2.79. The maximum absolute atomic E-state index is 5.98. The van der Waals surface area contributed by atoms with Gasteiger partial charge in [0.05, 0.1) is 9.73 Å². The molecule has 2 radical (unpaired) electrons. The van der Waals surface area contributed by atoms with Crippen LogP contribution in [-0.2, 0) is 6.54 Å². The fourth-order valence-corrected chi connectivity index (χ4v) is 4.79. The Bertz CT molecular complexity index is 791. The number of fused-ring (bicyclic) bond motifs is 2. The van der Waals surface area contributed by atoms with Gasteiger partial charge >= 0.3 is 0 Å². The molecular formula is C13H10BN3S2. The van der Waals surface area contributed by atoms with Gasteiger partial charge in [-0.3, -0.25) is 0 Å². The topological polar surface area (TPSA) is 29.9 Å². The third-order valence-electron chi connectivity index (χ3n) is 3.36. The summed E-state index contributed by atoms with van der Waals surface area (Å²) in [5, 5.41) is 11.0. The summed E-state index contributed by atoms with van der Waals surface area (Å²) in [6.45, 7) is 0.855. The molecule has 3 aromatic rings. The summed E-state index contributed by atoms with van der Waals surface area (Å²) >= 11 is 3.59. The third kappa shape index (κ3) is 1.54. The molecule has 0 spiro atoms. The highest BCUT2D eigenvalue weighted by atomic mass is 32.2. The Kier molecular flexibility index (Phi) is 2.52. The fraction of sp³-hybridized carbons (Fsp3) is 0.154. The SMILES string of the molecule is [B]n1nc2c3c(c(CNC)ccc31)Sc1sccc1-2. The maximum atomic E-state index is 5.98. The summed E-state index contributed by atoms with van der Waals surface area (Å²) in [4.78, 5) is 1.29. The predicted molar refractivity (Wildman–Crippen MR) is 81.1 cm³/mol. The molecule has 0 atom stereocenters. The van der Waals surface area contributed by atoms with Crippen molar-refractivity contribution in [1.29, 1.82) is 0 Å². The molecule has 0 fully saturated rings. The number of nitrogens with zero attached hydrogens (tertiary/aromatic N) is 2. The molecule has 3 heterocycles. The molecule has 1 N–H and O–H groups in total. The van der Waals surface area contributed by atoms with Crippen LogP contribution in [0.1, 0.15) is 5.56 Å². The van der Waals surface area contributed by atoms with Gasteiger partial charge in [-0.15, -0.1) is 11.3 Å². The molecule has 3 nitrogen and oxygen atoms in total. The number of hydrogen-bond donors (Lipinski definition) is 1. The van der Waals surface area contributed by atoms with Gasteiger partial charge in [-0.05, 0) is 30.1 Å². The molecule has 4 rings (SSSR count). The zero-order valence-corrected chi connectivity index (χ0v) is 11.9. The number of rotatable bonds is 2. The van der Waals surface area contributed by atoms with E-state index < -0.39 is 0 Å². The van der Waals surface area contributed by atoms with E-state index in [1.54, 1.807) is 11.3 Å². The van der Waals surface area contributed by atoms with Crippen LogP contribution in [0.2, 0.25) is 0 Å². The van der Waals surface area contributed by atoms with Crippen molar-refractivity contribution in [3.05, 3.63) is 29.1 Å². The number of nitrogens with one attached hydrogen (secondary N) is 1. The van der Waals surface area contributed by atoms with E-state index in [-0.39, 0.29) is 0 Å². The summed E-state index contributed by atoms with van der Waals surface area (Å²) in [5.41, 5.74) is 4.52. The Balaban J connectivity index is 2.11. The molecule has 0 bridgehead atoms. The van der Waals surface area contributed by atoms with E-state index in [2.05, 4.69) is 34.0 Å². The first-order valence-electron chi connectivity index (χ1n) is 5.99. The van der Waals surface area contributed by atoms with Gasteiger partial charge in [-0.1, -0.05) is 17.8 Å². The van der Waals surface area contributed by atoms with Gasteiger partial charge in [0.15, 0.2) is 0 Å². The summed E-state index contributed by atoms with van der Waals surface area (Å²) in [5.74, 6) is 0. The van der Waals surface area contributed by atoms with Gasteiger partial charge in [-0.2, -0.15) is 5.10 Å². The Morgan fingerprint density at radius 2 is 2.26 bits per heavy atom. The zero-order chi connectivity index (χ0) is 13.0. The lowest BCUT2D eigenvalue weighted by Crippen LogP contribution is -2.06. The van der Waals surface area contributed by atoms with Gasteiger partial charge in [0.2, 0.25) is 0 Å². The van der Waals surface area contributed by atoms with E-state index in [0.717, 1.165) is 17.8 Å². The Hall–Kier alpha value is -1.24. The molecule has 19 heavy (non-hydrogen) atoms. The average Bonchev–Trinajstić information content (AvgIpc) is 2.98. The second-order valence-corrected chi connectivity index (χ2v) is 6.69. The normalized spacial score (nSPS) is 12.9. The van der Waals surface area contributed by atoms with Crippen LogP contribution in [0.25, 0.3) is 22.2 Å². The third-order valence-corrected chi connectivity index (χ3v) is 5.68. The van der Waals surface area contributed by atoms with Crippen molar-refractivity contribution < 1.29 is 0 Å². The minimum Gasteiger partial charge on any atom is -0.323 e. The number of thiophene rings is 1. The largest absolute Gasteiger partial charge is 0.323 e. The van der Waals surface area contributed by atoms with Crippen LogP contribution in [0.15, 0.2) is 32.7 Å². The van der Waals surface area contributed by atoms with Crippen LogP contribution in [-0.4, -0.2) is 24.7 Å². The molecule has 1 aromatic carbocycles. The standard InChI is InChI=1S/C13H10BN3S2/c1-15-6-7-2-3-9-10-11(16-17(9)14)8-4-5-18-13(8)19-12(7)10/h2-5,15H,6H2,1H3. The molecule has 0 saturated heterocycles. The monoisotopic (exact) mass is 283 g/mol. The molecular weight excluding hydrogens is 273 g/mol. The van der Waals surface area contributed by atoms with Crippen molar-refractivity contribution in [3.8, 4) is 11.3 Å². The lowest BCUT2D eigenvalue weighted by Gasteiger charge is -2.15. The molecule has 2 aromatic heterocycles. The molecule has 92 valence electrons. The molecule has 0 unspecified atom stereocenters. The lowest BCUT2D eigenvalue weighted by atomic mass is 10.1. The quantitative estimate of drug-likeness (QED) is 0.574. The average molecular weight is 283 g/mol. The van der Waals surface area contributed by atoms with Crippen molar-refractivity contribution in [2.45, 2.75) is 15.6 Å². The number of aromatic nitrogens is 2. The zero-order valence-electron chi connectivity index (χ0n) is 10.3. The molecule has 6 heteroatoms. The van der Waals surface area contributed by atoms with E-state index in [1.807, 2.05) is 18.8 Å². The second-order valence-electron chi connectivity index (χ2n) is 4.50. The molecule has 0 aliphatic carbocycles. The van der Waals surface area contributed by atoms with E-state index in [1.165, 1.54) is 30.2 Å². The van der Waals surface area contributed by atoms with Crippen LogP contribution in [0.4, 0.5) is 0 Å². The van der Waals surface area contributed by atoms with Crippen LogP contribution in [0.3, 0.4) is 0 Å². The van der Waals surface area contributed by atoms with Crippen molar-refractivity contribution in [3.63, 3.8) is 0 Å². The smallest absolute Gasteiger partial charge is 0.265 e. The van der Waals surface area contributed by atoms with Gasteiger partial charge in [0.25, 0.3) is 7.98 Å². The fourth-order valence-electron chi connectivity index (χ4n) is 2.52. The van der Waals surface area contributed by atoms with Crippen molar-refractivity contribution in [2.24, 2.45) is 0 Å². The maximum Gasteiger partial charge on any atom is 0.265 e. The first-order chi connectivity index (χ1) is 9.29. The van der Waals surface area contributed by atoms with Gasteiger partial charge in [0.1, 0.15) is 5.69 Å². The summed E-state index contributed by atoms with van der Waals surface area (Å²) in [6.07, 6.45) is 0. The van der Waals surface area contributed by atoms with E-state index >= 15 is 0 Å². The highest BCUT2D eigenvalue weighted by molar-refractivity contribution is 8.01. The van der Waals surface area contributed by atoms with E-state index in [4.69, 9.17) is 7.98 Å². The van der Waals surface area contributed by atoms with Crippen LogP contribution >= 0.6 is 23.1 Å². The van der Waals surface area contributed by atoms with Crippen LogP contribution < -0.4 is 5.32 Å². The Morgan fingerprint density at radius 3 is 3.11 bits per heavy atom. The van der Waals surface area contributed by atoms with Crippen molar-refractivity contribution >= 4 is 42.0 Å². The van der Waals surface area contributed by atoms with E-state index in [0.29, 0.717) is 0 Å². The minimum absolute atomic E-state index is 0.855. The summed E-state index contributed by atoms with van der Waals surface area (Å²) in [7, 11) is 7.95. The Labute approximate surface area is 120 Å². The predicted octanol–water partition coefficient (Wildman–Crippen LogP) is 2.88. The highest BCUT2D eigenvalue weighted by Crippen LogP contribution is 2.50. The van der Waals surface area contributed by atoms with Gasteiger partial charge in [0, 0.05) is 22.4 Å². The molecule has 0 saturated carbocycles. The van der Waals surface area contributed by atoms with Gasteiger partial charge < -0.3 is 9.91 Å². The highest BCUT2D eigenvalue weighted by Gasteiger charge is 2.25. The van der Waals surface area contributed by atoms with Gasteiger partial charge in [-0.25, -0.2) is 0 Å². The Morgan fingerprint density at radius 1 is 1.37 bits per heavy atom.